The molecule has 5 heteroatoms. The lowest BCUT2D eigenvalue weighted by Crippen LogP contribution is -2.20. The fraction of sp³-hybridized carbons (Fsp3) is 0.333. The van der Waals surface area contributed by atoms with E-state index < -0.39 is 0 Å². The van der Waals surface area contributed by atoms with Gasteiger partial charge in [0, 0.05) is 17.2 Å². The van der Waals surface area contributed by atoms with Gasteiger partial charge in [0.1, 0.15) is 5.75 Å². The number of benzene rings is 1. The fourth-order valence-corrected chi connectivity index (χ4v) is 1.88. The van der Waals surface area contributed by atoms with Crippen LogP contribution in [0.5, 0.6) is 5.75 Å². The fourth-order valence-electron chi connectivity index (χ4n) is 1.88. The summed E-state index contributed by atoms with van der Waals surface area (Å²) in [5.41, 5.74) is 7.64. The Balaban J connectivity index is 2.32. The van der Waals surface area contributed by atoms with Crippen molar-refractivity contribution in [2.75, 3.05) is 0 Å². The molecule has 0 saturated carbocycles. The van der Waals surface area contributed by atoms with Gasteiger partial charge in [-0.15, -0.1) is 0 Å². The summed E-state index contributed by atoms with van der Waals surface area (Å²) in [6, 6.07) is 8.97. The van der Waals surface area contributed by atoms with Crippen molar-refractivity contribution in [3.8, 4) is 17.0 Å². The van der Waals surface area contributed by atoms with Gasteiger partial charge in [0.05, 0.1) is 11.8 Å². The third-order valence-corrected chi connectivity index (χ3v) is 2.84. The Morgan fingerprint density at radius 1 is 1.20 bits per heavy atom. The normalized spacial score (nSPS) is 12.4. The molecule has 0 fully saturated rings. The number of rotatable bonds is 4. The minimum absolute atomic E-state index is 0.136. The van der Waals surface area contributed by atoms with Gasteiger partial charge in [-0.25, -0.2) is 5.10 Å². The molecule has 0 aliphatic heterocycles. The summed E-state index contributed by atoms with van der Waals surface area (Å²) in [5.74, 6) is 0.806. The van der Waals surface area contributed by atoms with E-state index in [0.29, 0.717) is 11.3 Å². The van der Waals surface area contributed by atoms with Crippen LogP contribution in [-0.4, -0.2) is 16.3 Å². The van der Waals surface area contributed by atoms with Crippen molar-refractivity contribution >= 4 is 0 Å². The van der Waals surface area contributed by atoms with Crippen LogP contribution in [0.4, 0.5) is 0 Å². The van der Waals surface area contributed by atoms with Crippen LogP contribution in [0.2, 0.25) is 0 Å². The molecule has 2 rings (SSSR count). The van der Waals surface area contributed by atoms with Crippen LogP contribution >= 0.6 is 0 Å². The first-order valence-corrected chi connectivity index (χ1v) is 6.59. The first-order chi connectivity index (χ1) is 9.47. The predicted molar refractivity (Wildman–Crippen MR) is 78.7 cm³/mol. The number of hydrogen-bond donors (Lipinski definition) is 2. The van der Waals surface area contributed by atoms with Crippen molar-refractivity contribution < 1.29 is 4.74 Å². The van der Waals surface area contributed by atoms with Crippen LogP contribution in [0.15, 0.2) is 35.1 Å². The topological polar surface area (TPSA) is 81.0 Å². The van der Waals surface area contributed by atoms with Crippen LogP contribution in [0.3, 0.4) is 0 Å². The molecule has 0 aliphatic carbocycles. The number of ether oxygens (including phenoxy) is 1. The summed E-state index contributed by atoms with van der Waals surface area (Å²) in [6.45, 7) is 5.73. The van der Waals surface area contributed by atoms with E-state index in [0.717, 1.165) is 11.3 Å². The Hall–Kier alpha value is -2.14. The van der Waals surface area contributed by atoms with Crippen LogP contribution in [0.25, 0.3) is 11.3 Å². The van der Waals surface area contributed by atoms with E-state index in [4.69, 9.17) is 10.5 Å². The Kier molecular flexibility index (Phi) is 4.20. The summed E-state index contributed by atoms with van der Waals surface area (Å²) < 4.78 is 5.59. The van der Waals surface area contributed by atoms with Gasteiger partial charge in [-0.1, -0.05) is 0 Å². The first kappa shape index (κ1) is 14.3. The van der Waals surface area contributed by atoms with Gasteiger partial charge >= 0.3 is 0 Å². The van der Waals surface area contributed by atoms with Crippen molar-refractivity contribution in [2.45, 2.75) is 32.9 Å². The Morgan fingerprint density at radius 3 is 2.40 bits per heavy atom. The Bertz CT molecular complexity index is 630. The molecule has 0 bridgehead atoms. The molecule has 1 aromatic heterocycles. The van der Waals surface area contributed by atoms with Crippen LogP contribution < -0.4 is 16.0 Å². The third-order valence-electron chi connectivity index (χ3n) is 2.84. The highest BCUT2D eigenvalue weighted by Crippen LogP contribution is 2.21. The number of hydrogen-bond acceptors (Lipinski definition) is 4. The molecule has 0 saturated heterocycles. The molecule has 0 spiro atoms. The third kappa shape index (κ3) is 3.24. The summed E-state index contributed by atoms with van der Waals surface area (Å²) >= 11 is 0. The standard InChI is InChI=1S/C15H19N3O2/c1-9(2)20-12-6-4-11(5-7-12)14-8-13(10(3)16)15(19)18-17-14/h4-10H,16H2,1-3H3,(H,18,19). The second kappa shape index (κ2) is 5.88. The minimum Gasteiger partial charge on any atom is -0.491 e. The molecule has 5 nitrogen and oxygen atoms in total. The van der Waals surface area contributed by atoms with Gasteiger partial charge in [-0.05, 0) is 51.1 Å². The predicted octanol–water partition coefficient (Wildman–Crippen LogP) is 2.24. The second-order valence-corrected chi connectivity index (χ2v) is 5.02. The number of nitrogens with zero attached hydrogens (tertiary/aromatic N) is 1. The maximum Gasteiger partial charge on any atom is 0.268 e. The monoisotopic (exact) mass is 273 g/mol. The van der Waals surface area contributed by atoms with E-state index >= 15 is 0 Å². The van der Waals surface area contributed by atoms with Gasteiger partial charge in [0.15, 0.2) is 0 Å². The SMILES string of the molecule is CC(C)Oc1ccc(-c2cc(C(C)N)c(=O)[nH]n2)cc1. The molecule has 3 N–H and O–H groups in total. The number of nitrogens with one attached hydrogen (secondary N) is 1. The molecule has 0 radical (unpaired) electrons. The Morgan fingerprint density at radius 2 is 1.85 bits per heavy atom. The molecule has 1 unspecified atom stereocenters. The molecule has 1 heterocycles. The van der Waals surface area contributed by atoms with Crippen LogP contribution in [-0.2, 0) is 0 Å². The van der Waals surface area contributed by atoms with E-state index in [-0.39, 0.29) is 17.7 Å². The summed E-state index contributed by atoms with van der Waals surface area (Å²) in [4.78, 5) is 11.6. The highest BCUT2D eigenvalue weighted by molar-refractivity contribution is 5.60. The van der Waals surface area contributed by atoms with Gasteiger partial charge in [-0.3, -0.25) is 4.79 Å². The highest BCUT2D eigenvalue weighted by atomic mass is 16.5. The lowest BCUT2D eigenvalue weighted by atomic mass is 10.1. The molecule has 1 aromatic carbocycles. The smallest absolute Gasteiger partial charge is 0.268 e. The van der Waals surface area contributed by atoms with Crippen molar-refractivity contribution in [1.82, 2.24) is 10.2 Å². The van der Waals surface area contributed by atoms with Crippen molar-refractivity contribution in [1.29, 1.82) is 0 Å². The van der Waals surface area contributed by atoms with Gasteiger partial charge < -0.3 is 10.5 Å². The van der Waals surface area contributed by atoms with Gasteiger partial charge in [0.25, 0.3) is 5.56 Å². The molecular weight excluding hydrogens is 254 g/mol. The quantitative estimate of drug-likeness (QED) is 0.895. The van der Waals surface area contributed by atoms with Crippen LogP contribution in [0, 0.1) is 0 Å². The zero-order chi connectivity index (χ0) is 14.7. The van der Waals surface area contributed by atoms with E-state index in [1.165, 1.54) is 0 Å². The number of nitrogens with two attached hydrogens (primary N) is 1. The molecule has 20 heavy (non-hydrogen) atoms. The number of aromatic nitrogens is 2. The van der Waals surface area contributed by atoms with E-state index in [2.05, 4.69) is 10.2 Å². The summed E-state index contributed by atoms with van der Waals surface area (Å²) in [5, 5.41) is 6.53. The lowest BCUT2D eigenvalue weighted by Gasteiger charge is -2.10. The van der Waals surface area contributed by atoms with Crippen molar-refractivity contribution in [3.63, 3.8) is 0 Å². The molecule has 2 aromatic rings. The molecule has 1 atom stereocenters. The van der Waals surface area contributed by atoms with Gasteiger partial charge in [0.2, 0.25) is 0 Å². The van der Waals surface area contributed by atoms with E-state index in [1.807, 2.05) is 38.1 Å². The average molecular weight is 273 g/mol. The zero-order valence-corrected chi connectivity index (χ0v) is 11.9. The van der Waals surface area contributed by atoms with Gasteiger partial charge in [-0.2, -0.15) is 5.10 Å². The molecular formula is C15H19N3O2. The average Bonchev–Trinajstić information content (AvgIpc) is 2.39. The summed E-state index contributed by atoms with van der Waals surface area (Å²) in [6.07, 6.45) is 0.136. The number of aromatic amines is 1. The van der Waals surface area contributed by atoms with Crippen molar-refractivity contribution in [2.24, 2.45) is 5.73 Å². The minimum atomic E-state index is -0.330. The molecule has 106 valence electrons. The maximum absolute atomic E-state index is 11.6. The summed E-state index contributed by atoms with van der Waals surface area (Å²) in [7, 11) is 0. The van der Waals surface area contributed by atoms with E-state index in [9.17, 15) is 4.79 Å². The second-order valence-electron chi connectivity index (χ2n) is 5.02. The highest BCUT2D eigenvalue weighted by Gasteiger charge is 2.09. The first-order valence-electron chi connectivity index (χ1n) is 6.59. The molecule has 0 amide bonds. The largest absolute Gasteiger partial charge is 0.491 e. The molecule has 0 aliphatic rings. The van der Waals surface area contributed by atoms with Crippen molar-refractivity contribution in [3.05, 3.63) is 46.2 Å². The number of H-pyrrole nitrogens is 1. The lowest BCUT2D eigenvalue weighted by molar-refractivity contribution is 0.242. The van der Waals surface area contributed by atoms with Crippen LogP contribution in [0.1, 0.15) is 32.4 Å². The zero-order valence-electron chi connectivity index (χ0n) is 11.9. The van der Waals surface area contributed by atoms with E-state index in [1.54, 1.807) is 13.0 Å². The Labute approximate surface area is 117 Å². The maximum atomic E-state index is 11.6.